The first-order valence-electron chi connectivity index (χ1n) is 4.58. The Hall–Kier alpha value is -1.26. The third-order valence-corrected chi connectivity index (χ3v) is 1.98. The Labute approximate surface area is 78.1 Å². The van der Waals surface area contributed by atoms with Gasteiger partial charge in [-0.2, -0.15) is 4.99 Å². The summed E-state index contributed by atoms with van der Waals surface area (Å²) in [6.45, 7) is 0.721. The van der Waals surface area contributed by atoms with Crippen molar-refractivity contribution in [2.24, 2.45) is 33.1 Å². The van der Waals surface area contributed by atoms with Crippen molar-refractivity contribution in [2.75, 3.05) is 6.54 Å². The van der Waals surface area contributed by atoms with Gasteiger partial charge in [0.25, 0.3) is 0 Å². The van der Waals surface area contributed by atoms with Crippen LogP contribution in [0.3, 0.4) is 0 Å². The molecule has 74 valence electrons. The third kappa shape index (κ3) is 5.05. The third-order valence-electron chi connectivity index (χ3n) is 1.98. The van der Waals surface area contributed by atoms with Crippen LogP contribution in [0.15, 0.2) is 9.98 Å². The van der Waals surface area contributed by atoms with Gasteiger partial charge in [-0.25, -0.2) is 0 Å². The lowest BCUT2D eigenvalue weighted by Gasteiger charge is -1.95. The van der Waals surface area contributed by atoms with E-state index in [1.54, 1.807) is 0 Å². The van der Waals surface area contributed by atoms with E-state index in [0.717, 1.165) is 18.9 Å². The highest BCUT2D eigenvalue weighted by Crippen LogP contribution is 2.33. The fourth-order valence-corrected chi connectivity index (χ4v) is 1.15. The second kappa shape index (κ2) is 4.69. The molecule has 1 fully saturated rings. The molecule has 0 aliphatic heterocycles. The van der Waals surface area contributed by atoms with Crippen LogP contribution in [0.2, 0.25) is 0 Å². The topological polar surface area (TPSA) is 103 Å². The predicted molar refractivity (Wildman–Crippen MR) is 54.3 cm³/mol. The summed E-state index contributed by atoms with van der Waals surface area (Å²) in [6, 6.07) is 0. The molecule has 5 heteroatoms. The van der Waals surface area contributed by atoms with E-state index in [0.29, 0.717) is 0 Å². The largest absolute Gasteiger partial charge is 0.370 e. The molecule has 0 spiro atoms. The highest BCUT2D eigenvalue weighted by Gasteiger charge is 2.19. The minimum absolute atomic E-state index is 0.0385. The Morgan fingerprint density at radius 3 is 2.46 bits per heavy atom. The standard InChI is InChI=1S/C8H17N5/c9-7(10)13-8(11)12-5-1-2-6-3-4-6/h6H,1-5H2,(H6,9,10,11,12,13). The van der Waals surface area contributed by atoms with E-state index in [1.165, 1.54) is 19.3 Å². The van der Waals surface area contributed by atoms with E-state index in [2.05, 4.69) is 9.98 Å². The maximum absolute atomic E-state index is 5.41. The summed E-state index contributed by atoms with van der Waals surface area (Å²) in [5.74, 6) is 1.08. The van der Waals surface area contributed by atoms with Crippen molar-refractivity contribution in [1.29, 1.82) is 0 Å². The zero-order valence-corrected chi connectivity index (χ0v) is 7.74. The van der Waals surface area contributed by atoms with Crippen LogP contribution in [0, 0.1) is 5.92 Å². The summed E-state index contributed by atoms with van der Waals surface area (Å²) in [4.78, 5) is 7.62. The van der Waals surface area contributed by atoms with Gasteiger partial charge in [0.1, 0.15) is 0 Å². The summed E-state index contributed by atoms with van der Waals surface area (Å²) >= 11 is 0. The van der Waals surface area contributed by atoms with Gasteiger partial charge in [-0.05, 0) is 18.8 Å². The summed E-state index contributed by atoms with van der Waals surface area (Å²) in [7, 11) is 0. The molecule has 1 aliphatic carbocycles. The van der Waals surface area contributed by atoms with E-state index in [-0.39, 0.29) is 11.9 Å². The van der Waals surface area contributed by atoms with Gasteiger partial charge < -0.3 is 17.2 Å². The second-order valence-electron chi connectivity index (χ2n) is 3.36. The molecular weight excluding hydrogens is 166 g/mol. The molecule has 0 unspecified atom stereocenters. The Kier molecular flexibility index (Phi) is 3.54. The van der Waals surface area contributed by atoms with Gasteiger partial charge >= 0.3 is 0 Å². The van der Waals surface area contributed by atoms with Gasteiger partial charge in [-0.3, -0.25) is 4.99 Å². The number of rotatable bonds is 4. The van der Waals surface area contributed by atoms with Crippen molar-refractivity contribution >= 4 is 11.9 Å². The molecule has 1 saturated carbocycles. The number of nitrogens with two attached hydrogens (primary N) is 3. The lowest BCUT2D eigenvalue weighted by molar-refractivity contribution is 0.675. The first kappa shape index (κ1) is 9.83. The number of hydrogen-bond acceptors (Lipinski definition) is 1. The normalized spacial score (nSPS) is 17.1. The quantitative estimate of drug-likeness (QED) is 0.318. The van der Waals surface area contributed by atoms with Crippen molar-refractivity contribution in [3.63, 3.8) is 0 Å². The van der Waals surface area contributed by atoms with E-state index in [9.17, 15) is 0 Å². The van der Waals surface area contributed by atoms with Crippen LogP contribution in [0.25, 0.3) is 0 Å². The van der Waals surface area contributed by atoms with Gasteiger partial charge in [-0.1, -0.05) is 12.8 Å². The van der Waals surface area contributed by atoms with Gasteiger partial charge in [0.15, 0.2) is 5.96 Å². The molecule has 1 aliphatic rings. The highest BCUT2D eigenvalue weighted by atomic mass is 15.1. The van der Waals surface area contributed by atoms with E-state index in [4.69, 9.17) is 17.2 Å². The van der Waals surface area contributed by atoms with Gasteiger partial charge in [0.05, 0.1) is 0 Å². The Balaban J connectivity index is 2.10. The highest BCUT2D eigenvalue weighted by molar-refractivity contribution is 5.92. The average molecular weight is 183 g/mol. The van der Waals surface area contributed by atoms with Crippen molar-refractivity contribution in [3.05, 3.63) is 0 Å². The Morgan fingerprint density at radius 1 is 1.23 bits per heavy atom. The number of nitrogens with zero attached hydrogens (tertiary/aromatic N) is 2. The van der Waals surface area contributed by atoms with Crippen molar-refractivity contribution in [3.8, 4) is 0 Å². The fourth-order valence-electron chi connectivity index (χ4n) is 1.15. The van der Waals surface area contributed by atoms with E-state index in [1.807, 2.05) is 0 Å². The summed E-state index contributed by atoms with van der Waals surface area (Å²) < 4.78 is 0. The fraction of sp³-hybridized carbons (Fsp3) is 0.750. The molecule has 0 aromatic rings. The lowest BCUT2D eigenvalue weighted by Crippen LogP contribution is -2.26. The molecular formula is C8H17N5. The Bertz CT molecular complexity index is 213. The maximum atomic E-state index is 5.41. The molecule has 5 nitrogen and oxygen atoms in total. The van der Waals surface area contributed by atoms with E-state index >= 15 is 0 Å². The smallest absolute Gasteiger partial charge is 0.218 e. The molecule has 0 amide bonds. The first-order valence-corrected chi connectivity index (χ1v) is 4.58. The summed E-state index contributed by atoms with van der Waals surface area (Å²) in [5.41, 5.74) is 15.7. The maximum Gasteiger partial charge on any atom is 0.218 e. The number of guanidine groups is 2. The van der Waals surface area contributed by atoms with Crippen LogP contribution >= 0.6 is 0 Å². The molecule has 0 radical (unpaired) electrons. The molecule has 1 rings (SSSR count). The zero-order valence-electron chi connectivity index (χ0n) is 7.74. The molecule has 0 aromatic heterocycles. The Morgan fingerprint density at radius 2 is 1.92 bits per heavy atom. The lowest BCUT2D eigenvalue weighted by atomic mass is 10.2. The molecule has 0 aromatic carbocycles. The van der Waals surface area contributed by atoms with Crippen LogP contribution in [-0.2, 0) is 0 Å². The van der Waals surface area contributed by atoms with Gasteiger partial charge in [-0.15, -0.1) is 0 Å². The van der Waals surface area contributed by atoms with Crippen LogP contribution in [0.5, 0.6) is 0 Å². The molecule has 0 atom stereocenters. The minimum Gasteiger partial charge on any atom is -0.370 e. The van der Waals surface area contributed by atoms with Crippen molar-refractivity contribution in [1.82, 2.24) is 0 Å². The van der Waals surface area contributed by atoms with E-state index < -0.39 is 0 Å². The van der Waals surface area contributed by atoms with Crippen LogP contribution in [0.4, 0.5) is 0 Å². The minimum atomic E-state index is -0.0385. The number of hydrogen-bond donors (Lipinski definition) is 3. The monoisotopic (exact) mass is 183 g/mol. The SMILES string of the molecule is NC(N)=NC(N)=NCCCC1CC1. The van der Waals surface area contributed by atoms with Crippen molar-refractivity contribution < 1.29 is 0 Å². The first-order chi connectivity index (χ1) is 6.18. The average Bonchev–Trinajstić information content (AvgIpc) is 2.80. The van der Waals surface area contributed by atoms with Crippen molar-refractivity contribution in [2.45, 2.75) is 25.7 Å². The molecule has 0 heterocycles. The van der Waals surface area contributed by atoms with Crippen LogP contribution in [0.1, 0.15) is 25.7 Å². The molecule has 6 N–H and O–H groups in total. The zero-order chi connectivity index (χ0) is 9.68. The second-order valence-corrected chi connectivity index (χ2v) is 3.36. The number of aliphatic imine (C=N–C) groups is 2. The van der Waals surface area contributed by atoms with Crippen LogP contribution in [-0.4, -0.2) is 18.5 Å². The van der Waals surface area contributed by atoms with Gasteiger partial charge in [0.2, 0.25) is 5.96 Å². The predicted octanol–water partition coefficient (Wildman–Crippen LogP) is -0.235. The molecule has 0 bridgehead atoms. The molecule has 13 heavy (non-hydrogen) atoms. The summed E-state index contributed by atoms with van der Waals surface area (Å²) in [5, 5.41) is 0. The van der Waals surface area contributed by atoms with Crippen LogP contribution < -0.4 is 17.2 Å². The molecule has 0 saturated heterocycles. The summed E-state index contributed by atoms with van der Waals surface area (Å²) in [6.07, 6.45) is 5.09. The van der Waals surface area contributed by atoms with Gasteiger partial charge in [0, 0.05) is 6.54 Å².